The van der Waals surface area contributed by atoms with Gasteiger partial charge in [-0.3, -0.25) is 14.6 Å². The van der Waals surface area contributed by atoms with Crippen LogP contribution in [-0.2, 0) is 30.7 Å². The second kappa shape index (κ2) is 10.3. The molecule has 3 aromatic carbocycles. The first-order chi connectivity index (χ1) is 16.5. The molecule has 0 saturated carbocycles. The van der Waals surface area contributed by atoms with Crippen LogP contribution in [0.4, 0.5) is 0 Å². The molecule has 1 fully saturated rings. The number of rotatable bonds is 6. The molecule has 176 valence electrons. The van der Waals surface area contributed by atoms with Gasteiger partial charge in [-0.2, -0.15) is 0 Å². The second-order valence-electron chi connectivity index (χ2n) is 9.36. The molecule has 0 spiro atoms. The molecule has 4 nitrogen and oxygen atoms in total. The SMILES string of the molecule is O=C(NCc1cccc(Br)c1)C1(N2CCN(Cc3cccc(Br)c3)CC2)Cc2ccccc2C1. The van der Waals surface area contributed by atoms with E-state index in [1.165, 1.54) is 16.7 Å². The van der Waals surface area contributed by atoms with Gasteiger partial charge in [0.15, 0.2) is 0 Å². The van der Waals surface area contributed by atoms with Crippen molar-refractivity contribution >= 4 is 37.8 Å². The average Bonchev–Trinajstić information content (AvgIpc) is 3.24. The monoisotopic (exact) mass is 581 g/mol. The topological polar surface area (TPSA) is 35.6 Å². The Morgan fingerprint density at radius 2 is 1.38 bits per heavy atom. The zero-order valence-electron chi connectivity index (χ0n) is 19.1. The molecule has 1 amide bonds. The van der Waals surface area contributed by atoms with E-state index in [0.717, 1.165) is 60.1 Å². The molecular formula is C28H29Br2N3O. The van der Waals surface area contributed by atoms with Crippen molar-refractivity contribution in [2.24, 2.45) is 0 Å². The van der Waals surface area contributed by atoms with Gasteiger partial charge in [-0.1, -0.05) is 80.4 Å². The van der Waals surface area contributed by atoms with Crippen molar-refractivity contribution in [3.05, 3.63) is 104 Å². The molecule has 1 aliphatic heterocycles. The molecule has 1 saturated heterocycles. The van der Waals surface area contributed by atoms with Gasteiger partial charge in [0.25, 0.3) is 0 Å². The predicted octanol–water partition coefficient (Wildman–Crippen LogP) is 5.18. The minimum atomic E-state index is -0.516. The molecular weight excluding hydrogens is 554 g/mol. The minimum absolute atomic E-state index is 0.143. The Morgan fingerprint density at radius 3 is 2.00 bits per heavy atom. The predicted molar refractivity (Wildman–Crippen MR) is 144 cm³/mol. The van der Waals surface area contributed by atoms with Gasteiger partial charge in [-0.15, -0.1) is 0 Å². The van der Waals surface area contributed by atoms with E-state index >= 15 is 0 Å². The molecule has 2 aliphatic rings. The van der Waals surface area contributed by atoms with Crippen molar-refractivity contribution in [1.29, 1.82) is 0 Å². The lowest BCUT2D eigenvalue weighted by molar-refractivity contribution is -0.135. The second-order valence-corrected chi connectivity index (χ2v) is 11.2. The Balaban J connectivity index is 1.30. The third kappa shape index (κ3) is 5.15. The number of benzene rings is 3. The van der Waals surface area contributed by atoms with Crippen molar-refractivity contribution in [3.63, 3.8) is 0 Å². The van der Waals surface area contributed by atoms with E-state index in [-0.39, 0.29) is 5.91 Å². The van der Waals surface area contributed by atoms with Gasteiger partial charge in [0.1, 0.15) is 5.54 Å². The fourth-order valence-electron chi connectivity index (χ4n) is 5.34. The van der Waals surface area contributed by atoms with Gasteiger partial charge in [0.2, 0.25) is 5.91 Å². The summed E-state index contributed by atoms with van der Waals surface area (Å²) in [6, 6.07) is 25.2. The summed E-state index contributed by atoms with van der Waals surface area (Å²) in [4.78, 5) is 18.8. The molecule has 0 bridgehead atoms. The van der Waals surface area contributed by atoms with E-state index in [9.17, 15) is 4.79 Å². The van der Waals surface area contributed by atoms with Crippen LogP contribution >= 0.6 is 31.9 Å². The van der Waals surface area contributed by atoms with Crippen LogP contribution in [-0.4, -0.2) is 47.4 Å². The lowest BCUT2D eigenvalue weighted by atomic mass is 9.90. The first kappa shape index (κ1) is 23.7. The third-order valence-electron chi connectivity index (χ3n) is 7.12. The first-order valence-electron chi connectivity index (χ1n) is 11.8. The lowest BCUT2D eigenvalue weighted by Crippen LogP contribution is -2.64. The van der Waals surface area contributed by atoms with Crippen molar-refractivity contribution in [3.8, 4) is 0 Å². The van der Waals surface area contributed by atoms with E-state index in [1.54, 1.807) is 0 Å². The Kier molecular flexibility index (Phi) is 7.21. The normalized spacial score (nSPS) is 17.9. The van der Waals surface area contributed by atoms with Crippen molar-refractivity contribution in [1.82, 2.24) is 15.1 Å². The summed E-state index contributed by atoms with van der Waals surface area (Å²) >= 11 is 7.11. The highest BCUT2D eigenvalue weighted by molar-refractivity contribution is 9.10. The average molecular weight is 583 g/mol. The van der Waals surface area contributed by atoms with Crippen LogP contribution in [0.1, 0.15) is 22.3 Å². The Morgan fingerprint density at radius 1 is 0.794 bits per heavy atom. The molecule has 0 unspecified atom stereocenters. The van der Waals surface area contributed by atoms with E-state index in [0.29, 0.717) is 6.54 Å². The molecule has 3 aromatic rings. The summed E-state index contributed by atoms with van der Waals surface area (Å²) in [7, 11) is 0. The highest BCUT2D eigenvalue weighted by Gasteiger charge is 2.48. The van der Waals surface area contributed by atoms with Crippen LogP contribution in [0.3, 0.4) is 0 Å². The summed E-state index contributed by atoms with van der Waals surface area (Å²) in [5.41, 5.74) is 4.51. The quantitative estimate of drug-likeness (QED) is 0.435. The smallest absolute Gasteiger partial charge is 0.241 e. The van der Waals surface area contributed by atoms with Gasteiger partial charge < -0.3 is 5.32 Å². The highest BCUT2D eigenvalue weighted by atomic mass is 79.9. The number of nitrogens with one attached hydrogen (secondary N) is 1. The maximum Gasteiger partial charge on any atom is 0.241 e. The van der Waals surface area contributed by atoms with E-state index in [1.807, 2.05) is 12.1 Å². The minimum Gasteiger partial charge on any atom is -0.350 e. The lowest BCUT2D eigenvalue weighted by Gasteiger charge is -2.45. The summed E-state index contributed by atoms with van der Waals surface area (Å²) in [6.45, 7) is 5.19. The number of nitrogens with zero attached hydrogens (tertiary/aromatic N) is 2. The summed E-state index contributed by atoms with van der Waals surface area (Å²) in [6.07, 6.45) is 1.55. The van der Waals surface area contributed by atoms with E-state index < -0.39 is 5.54 Å². The molecule has 34 heavy (non-hydrogen) atoms. The maximum absolute atomic E-state index is 13.8. The molecule has 5 rings (SSSR count). The summed E-state index contributed by atoms with van der Waals surface area (Å²) < 4.78 is 2.15. The van der Waals surface area contributed by atoms with Crippen LogP contribution < -0.4 is 5.32 Å². The third-order valence-corrected chi connectivity index (χ3v) is 8.11. The van der Waals surface area contributed by atoms with Gasteiger partial charge in [0, 0.05) is 61.1 Å². The van der Waals surface area contributed by atoms with Gasteiger partial charge in [-0.05, 0) is 46.5 Å². The molecule has 1 N–H and O–H groups in total. The van der Waals surface area contributed by atoms with Crippen molar-refractivity contribution < 1.29 is 4.79 Å². The standard InChI is InChI=1S/C28H29Br2N3O/c29-25-9-3-5-21(15-25)19-31-27(34)28(17-23-7-1-2-8-24(23)18-28)33-13-11-32(12-14-33)20-22-6-4-10-26(30)16-22/h1-10,15-16H,11-14,17-20H2,(H,31,34). The first-order valence-corrected chi connectivity index (χ1v) is 13.4. The number of hydrogen-bond acceptors (Lipinski definition) is 3. The van der Waals surface area contributed by atoms with Crippen molar-refractivity contribution in [2.75, 3.05) is 26.2 Å². The van der Waals surface area contributed by atoms with Gasteiger partial charge >= 0.3 is 0 Å². The highest BCUT2D eigenvalue weighted by Crippen LogP contribution is 2.36. The van der Waals surface area contributed by atoms with Crippen LogP contribution in [0.15, 0.2) is 81.7 Å². The van der Waals surface area contributed by atoms with Crippen LogP contribution in [0, 0.1) is 0 Å². The molecule has 1 aliphatic carbocycles. The zero-order valence-corrected chi connectivity index (χ0v) is 22.3. The Labute approximate surface area is 218 Å². The molecule has 1 heterocycles. The number of halogens is 2. The van der Waals surface area contributed by atoms with Gasteiger partial charge in [0.05, 0.1) is 0 Å². The number of fused-ring (bicyclic) bond motifs is 1. The maximum atomic E-state index is 13.8. The molecule has 0 aromatic heterocycles. The number of carbonyl (C=O) groups is 1. The van der Waals surface area contributed by atoms with Gasteiger partial charge in [-0.25, -0.2) is 0 Å². The van der Waals surface area contributed by atoms with Crippen LogP contribution in [0.25, 0.3) is 0 Å². The summed E-state index contributed by atoms with van der Waals surface area (Å²) in [5, 5.41) is 3.28. The number of carbonyl (C=O) groups excluding carboxylic acids is 1. The fourth-order valence-corrected chi connectivity index (χ4v) is 6.24. The number of amides is 1. The fraction of sp³-hybridized carbons (Fsp3) is 0.321. The molecule has 0 atom stereocenters. The van der Waals surface area contributed by atoms with Crippen molar-refractivity contribution in [2.45, 2.75) is 31.5 Å². The Bertz CT molecular complexity index is 1150. The van der Waals surface area contributed by atoms with E-state index in [4.69, 9.17) is 0 Å². The van der Waals surface area contributed by atoms with E-state index in [2.05, 4.69) is 108 Å². The summed E-state index contributed by atoms with van der Waals surface area (Å²) in [5.74, 6) is 0.143. The Hall–Kier alpha value is -1.99. The molecule has 6 heteroatoms. The zero-order chi connectivity index (χ0) is 23.5. The molecule has 0 radical (unpaired) electrons. The number of piperazine rings is 1. The van der Waals surface area contributed by atoms with Crippen LogP contribution in [0.5, 0.6) is 0 Å². The number of hydrogen-bond donors (Lipinski definition) is 1. The van der Waals surface area contributed by atoms with Crippen LogP contribution in [0.2, 0.25) is 0 Å². The largest absolute Gasteiger partial charge is 0.350 e.